The van der Waals surface area contributed by atoms with Crippen LogP contribution in [-0.4, -0.2) is 65.5 Å². The number of nitrogens with zero attached hydrogens (tertiary/aromatic N) is 1. The fraction of sp³-hybridized carbons (Fsp3) is 0.591. The molecule has 1 amide bonds. The van der Waals surface area contributed by atoms with Crippen molar-refractivity contribution in [2.75, 3.05) is 19.8 Å². The highest BCUT2D eigenvalue weighted by molar-refractivity contribution is 5.90. The molecule has 4 unspecified atom stereocenters. The summed E-state index contributed by atoms with van der Waals surface area (Å²) in [7, 11) is 0. The number of amides is 1. The molecule has 0 aromatic heterocycles. The van der Waals surface area contributed by atoms with Crippen molar-refractivity contribution in [2.24, 2.45) is 0 Å². The number of hydrogen-bond donors (Lipinski definition) is 1. The van der Waals surface area contributed by atoms with Crippen molar-refractivity contribution in [1.82, 2.24) is 4.90 Å². The van der Waals surface area contributed by atoms with Crippen molar-refractivity contribution < 1.29 is 38.4 Å². The van der Waals surface area contributed by atoms with Crippen LogP contribution in [0.4, 0.5) is 9.59 Å². The van der Waals surface area contributed by atoms with Gasteiger partial charge in [-0.3, -0.25) is 4.79 Å². The van der Waals surface area contributed by atoms with Gasteiger partial charge in [0.1, 0.15) is 0 Å². The molecule has 4 atom stereocenters. The molecule has 2 aliphatic carbocycles. The first kappa shape index (κ1) is 20.1. The number of piperidine rings is 1. The Morgan fingerprint density at radius 1 is 1.23 bits per heavy atom. The lowest BCUT2D eigenvalue weighted by Gasteiger charge is -2.61. The van der Waals surface area contributed by atoms with Crippen LogP contribution < -0.4 is 9.47 Å². The van der Waals surface area contributed by atoms with Gasteiger partial charge in [0.05, 0.1) is 30.3 Å². The number of ether oxygens (including phenoxy) is 4. The van der Waals surface area contributed by atoms with E-state index in [1.807, 2.05) is 0 Å². The summed E-state index contributed by atoms with van der Waals surface area (Å²) in [5, 5.41) is 12.1. The summed E-state index contributed by atoms with van der Waals surface area (Å²) in [6, 6.07) is 2.88. The molecule has 9 heteroatoms. The topological polar surface area (TPSA) is 112 Å². The summed E-state index contributed by atoms with van der Waals surface area (Å²) in [5.41, 5.74) is -0.758. The largest absolute Gasteiger partial charge is 0.513 e. The standard InChI is InChI=1S/C22H25NO8/c1-3-28-19(25)23-10-9-21-16-12-5-6-14(30-20(26)29-4-2)17(16)31-18(21)13(24)7-8-22(21,27)15(23)11-12/h5-6,15,18,27H,3-4,7-11H2,1-2H3. The zero-order chi connectivity index (χ0) is 22.0. The third-order valence-corrected chi connectivity index (χ3v) is 7.20. The first-order chi connectivity index (χ1) is 14.9. The van der Waals surface area contributed by atoms with E-state index < -0.39 is 35.4 Å². The predicted molar refractivity (Wildman–Crippen MR) is 105 cm³/mol. The molecule has 1 aromatic carbocycles. The summed E-state index contributed by atoms with van der Waals surface area (Å²) in [6.07, 6.45) is -1.10. The molecular formula is C22H25NO8. The van der Waals surface area contributed by atoms with Crippen molar-refractivity contribution in [3.8, 4) is 11.5 Å². The van der Waals surface area contributed by atoms with Crippen LogP contribution in [0.5, 0.6) is 11.5 Å². The quantitative estimate of drug-likeness (QED) is 0.572. The van der Waals surface area contributed by atoms with E-state index >= 15 is 0 Å². The first-order valence-electron chi connectivity index (χ1n) is 10.7. The summed E-state index contributed by atoms with van der Waals surface area (Å²) in [5.74, 6) is 0.383. The molecule has 1 saturated heterocycles. The van der Waals surface area contributed by atoms with Crippen LogP contribution in [0.15, 0.2) is 12.1 Å². The van der Waals surface area contributed by atoms with E-state index in [1.165, 1.54) is 0 Å². The zero-order valence-corrected chi connectivity index (χ0v) is 17.5. The number of carbonyl (C=O) groups excluding carboxylic acids is 3. The lowest BCUT2D eigenvalue weighted by molar-refractivity contribution is -0.183. The Balaban J connectivity index is 1.65. The number of rotatable bonds is 3. The highest BCUT2D eigenvalue weighted by Crippen LogP contribution is 2.64. The second-order valence-corrected chi connectivity index (χ2v) is 8.43. The summed E-state index contributed by atoms with van der Waals surface area (Å²) < 4.78 is 21.6. The number of Topliss-reactive ketones (excluding diaryl/α,β-unsaturated/α-hetero) is 1. The molecule has 2 fully saturated rings. The van der Waals surface area contributed by atoms with Crippen molar-refractivity contribution >= 4 is 18.0 Å². The maximum absolute atomic E-state index is 12.9. The molecule has 31 heavy (non-hydrogen) atoms. The van der Waals surface area contributed by atoms with Crippen LogP contribution in [-0.2, 0) is 26.1 Å². The zero-order valence-electron chi connectivity index (χ0n) is 17.5. The molecule has 9 nitrogen and oxygen atoms in total. The van der Waals surface area contributed by atoms with Crippen LogP contribution in [0, 0.1) is 0 Å². The number of ketones is 1. The van der Waals surface area contributed by atoms with E-state index in [-0.39, 0.29) is 37.6 Å². The van der Waals surface area contributed by atoms with E-state index in [9.17, 15) is 19.5 Å². The van der Waals surface area contributed by atoms with Gasteiger partial charge in [-0.25, -0.2) is 9.59 Å². The average Bonchev–Trinajstić information content (AvgIpc) is 3.08. The van der Waals surface area contributed by atoms with Crippen LogP contribution in [0.3, 0.4) is 0 Å². The van der Waals surface area contributed by atoms with Gasteiger partial charge in [0.15, 0.2) is 23.4 Å². The van der Waals surface area contributed by atoms with Gasteiger partial charge in [0.2, 0.25) is 0 Å². The molecule has 2 bridgehead atoms. The Morgan fingerprint density at radius 3 is 2.74 bits per heavy atom. The minimum Gasteiger partial charge on any atom is -0.477 e. The van der Waals surface area contributed by atoms with E-state index in [1.54, 1.807) is 30.9 Å². The molecule has 1 aromatic rings. The van der Waals surface area contributed by atoms with Gasteiger partial charge in [0, 0.05) is 18.5 Å². The van der Waals surface area contributed by atoms with Crippen molar-refractivity contribution in [3.05, 3.63) is 23.3 Å². The van der Waals surface area contributed by atoms with Gasteiger partial charge < -0.3 is 29.0 Å². The smallest absolute Gasteiger partial charge is 0.477 e. The fourth-order valence-corrected chi connectivity index (χ4v) is 6.06. The molecule has 0 radical (unpaired) electrons. The molecule has 2 aliphatic heterocycles. The van der Waals surface area contributed by atoms with E-state index in [0.29, 0.717) is 25.1 Å². The third kappa shape index (κ3) is 2.49. The lowest BCUT2D eigenvalue weighted by Crippen LogP contribution is -2.77. The van der Waals surface area contributed by atoms with Crippen molar-refractivity contribution in [1.29, 1.82) is 0 Å². The fourth-order valence-electron chi connectivity index (χ4n) is 6.06. The number of carbonyl (C=O) groups is 3. The minimum absolute atomic E-state index is 0.0980. The second kappa shape index (κ2) is 6.85. The molecule has 1 N–H and O–H groups in total. The average molecular weight is 431 g/mol. The summed E-state index contributed by atoms with van der Waals surface area (Å²) >= 11 is 0. The van der Waals surface area contributed by atoms with E-state index in [2.05, 4.69) is 0 Å². The molecule has 1 spiro atoms. The predicted octanol–water partition coefficient (Wildman–Crippen LogP) is 2.10. The van der Waals surface area contributed by atoms with Gasteiger partial charge in [-0.2, -0.15) is 0 Å². The Labute approximate surface area is 179 Å². The maximum Gasteiger partial charge on any atom is 0.513 e. The molecule has 1 saturated carbocycles. The van der Waals surface area contributed by atoms with Crippen molar-refractivity contribution in [3.63, 3.8) is 0 Å². The van der Waals surface area contributed by atoms with E-state index in [4.69, 9.17) is 18.9 Å². The van der Waals surface area contributed by atoms with Crippen LogP contribution in [0.2, 0.25) is 0 Å². The third-order valence-electron chi connectivity index (χ3n) is 7.20. The Morgan fingerprint density at radius 2 is 2.00 bits per heavy atom. The maximum atomic E-state index is 12.9. The molecule has 2 heterocycles. The number of aliphatic hydroxyl groups is 1. The monoisotopic (exact) mass is 431 g/mol. The van der Waals surface area contributed by atoms with Crippen molar-refractivity contribution in [2.45, 2.75) is 62.7 Å². The van der Waals surface area contributed by atoms with Gasteiger partial charge in [-0.05, 0) is 44.7 Å². The molecule has 4 aliphatic rings. The number of hydrogen-bond acceptors (Lipinski definition) is 8. The molecular weight excluding hydrogens is 406 g/mol. The summed E-state index contributed by atoms with van der Waals surface area (Å²) in [6.45, 7) is 4.15. The van der Waals surface area contributed by atoms with Gasteiger partial charge in [-0.1, -0.05) is 6.07 Å². The molecule has 166 valence electrons. The number of likely N-dealkylation sites (tertiary alicyclic amines) is 1. The molecule has 5 rings (SSSR count). The Kier molecular flexibility index (Phi) is 4.44. The number of benzene rings is 1. The lowest BCUT2D eigenvalue weighted by atomic mass is 9.49. The summed E-state index contributed by atoms with van der Waals surface area (Å²) in [4.78, 5) is 39.1. The van der Waals surface area contributed by atoms with Gasteiger partial charge >= 0.3 is 12.2 Å². The van der Waals surface area contributed by atoms with E-state index in [0.717, 1.165) is 11.1 Å². The van der Waals surface area contributed by atoms with Crippen LogP contribution >= 0.6 is 0 Å². The Hall–Kier alpha value is -2.81. The normalized spacial score (nSPS) is 32.1. The van der Waals surface area contributed by atoms with Crippen LogP contribution in [0.1, 0.15) is 44.2 Å². The van der Waals surface area contributed by atoms with Crippen LogP contribution in [0.25, 0.3) is 0 Å². The first-order valence-corrected chi connectivity index (χ1v) is 10.7. The van der Waals surface area contributed by atoms with Gasteiger partial charge in [-0.15, -0.1) is 0 Å². The minimum atomic E-state index is -1.35. The highest BCUT2D eigenvalue weighted by Gasteiger charge is 2.73. The van der Waals surface area contributed by atoms with Gasteiger partial charge in [0.25, 0.3) is 0 Å². The second-order valence-electron chi connectivity index (χ2n) is 8.43. The Bertz CT molecular complexity index is 977. The highest BCUT2D eigenvalue weighted by atomic mass is 16.7. The SMILES string of the molecule is CCOC(=O)Oc1ccc2c3c1OC1C(=O)CCC4(O)C(C2)N(C(=O)OCC)CCC314.